The fourth-order valence-corrected chi connectivity index (χ4v) is 2.44. The summed E-state index contributed by atoms with van der Waals surface area (Å²) in [6.45, 7) is 2.06. The molecule has 1 heterocycles. The number of amidine groups is 1. The molecular formula is C17H18N4. The lowest BCUT2D eigenvalue weighted by Gasteiger charge is -2.34. The van der Waals surface area contributed by atoms with Crippen molar-refractivity contribution in [2.75, 3.05) is 4.90 Å². The molecule has 0 saturated carbocycles. The molecule has 2 aromatic rings. The average Bonchev–Trinajstić information content (AvgIpc) is 2.49. The minimum atomic E-state index is -0.237. The maximum atomic E-state index is 6.19. The van der Waals surface area contributed by atoms with E-state index in [-0.39, 0.29) is 6.17 Å². The number of aryl methyl sites for hydroxylation is 1. The molecule has 0 bridgehead atoms. The minimum absolute atomic E-state index is 0.237. The molecule has 106 valence electrons. The van der Waals surface area contributed by atoms with Gasteiger partial charge in [0.1, 0.15) is 11.7 Å². The third-order valence-electron chi connectivity index (χ3n) is 3.50. The molecule has 0 unspecified atom stereocenters. The van der Waals surface area contributed by atoms with E-state index in [4.69, 9.17) is 11.5 Å². The van der Waals surface area contributed by atoms with Crippen LogP contribution in [0.3, 0.4) is 0 Å². The lowest BCUT2D eigenvalue weighted by atomic mass is 10.1. The Balaban J connectivity index is 2.07. The molecule has 0 radical (unpaired) electrons. The maximum Gasteiger partial charge on any atom is 0.154 e. The third-order valence-corrected chi connectivity index (χ3v) is 3.50. The molecule has 0 aliphatic carbocycles. The first-order valence-corrected chi connectivity index (χ1v) is 6.86. The van der Waals surface area contributed by atoms with E-state index in [1.807, 2.05) is 47.4 Å². The van der Waals surface area contributed by atoms with Gasteiger partial charge < -0.3 is 16.4 Å². The molecule has 1 atom stereocenters. The van der Waals surface area contributed by atoms with E-state index < -0.39 is 0 Å². The Bertz CT molecular complexity index is 686. The van der Waals surface area contributed by atoms with Gasteiger partial charge in [0.05, 0.1) is 0 Å². The SMILES string of the molecule is Cc1ccc(N2C(N)=CC(N)=N[C@@H]2c2ccccc2)cc1. The number of benzene rings is 2. The average molecular weight is 278 g/mol. The highest BCUT2D eigenvalue weighted by Crippen LogP contribution is 2.32. The number of hydrogen-bond acceptors (Lipinski definition) is 4. The lowest BCUT2D eigenvalue weighted by molar-refractivity contribution is 0.693. The summed E-state index contributed by atoms with van der Waals surface area (Å²) in [5.41, 5.74) is 15.3. The van der Waals surface area contributed by atoms with Crippen molar-refractivity contribution < 1.29 is 0 Å². The summed E-state index contributed by atoms with van der Waals surface area (Å²) in [7, 11) is 0. The van der Waals surface area contributed by atoms with Crippen LogP contribution in [0.1, 0.15) is 17.3 Å². The summed E-state index contributed by atoms with van der Waals surface area (Å²) in [6.07, 6.45) is 1.46. The molecule has 1 aliphatic rings. The van der Waals surface area contributed by atoms with Gasteiger partial charge in [-0.05, 0) is 24.6 Å². The summed E-state index contributed by atoms with van der Waals surface area (Å²) < 4.78 is 0. The minimum Gasteiger partial charge on any atom is -0.385 e. The molecule has 0 fully saturated rings. The highest BCUT2D eigenvalue weighted by Gasteiger charge is 2.25. The first-order chi connectivity index (χ1) is 10.1. The van der Waals surface area contributed by atoms with E-state index in [1.54, 1.807) is 6.08 Å². The van der Waals surface area contributed by atoms with Gasteiger partial charge in [0.25, 0.3) is 0 Å². The van der Waals surface area contributed by atoms with E-state index >= 15 is 0 Å². The Morgan fingerprint density at radius 2 is 1.62 bits per heavy atom. The van der Waals surface area contributed by atoms with Gasteiger partial charge in [0.2, 0.25) is 0 Å². The van der Waals surface area contributed by atoms with Crippen molar-refractivity contribution in [3.63, 3.8) is 0 Å². The summed E-state index contributed by atoms with van der Waals surface area (Å²) in [4.78, 5) is 6.54. The largest absolute Gasteiger partial charge is 0.385 e. The zero-order valence-electron chi connectivity index (χ0n) is 11.9. The molecule has 3 rings (SSSR count). The third kappa shape index (κ3) is 2.60. The number of hydrogen-bond donors (Lipinski definition) is 2. The van der Waals surface area contributed by atoms with Crippen molar-refractivity contribution in [1.29, 1.82) is 0 Å². The summed E-state index contributed by atoms with van der Waals surface area (Å²) in [5.74, 6) is 1.05. The normalized spacial score (nSPS) is 18.1. The topological polar surface area (TPSA) is 67.6 Å². The second-order valence-electron chi connectivity index (χ2n) is 5.11. The van der Waals surface area contributed by atoms with Crippen LogP contribution in [0.25, 0.3) is 0 Å². The standard InChI is InChI=1S/C17H18N4/c1-12-7-9-14(10-8-12)21-16(19)11-15(18)20-17(21)13-5-3-2-4-6-13/h2-11,17H,19H2,1H3,(H2,18,20)/t17-/m0/s1. The predicted octanol–water partition coefficient (Wildman–Crippen LogP) is 2.67. The molecule has 4 heteroatoms. The summed E-state index contributed by atoms with van der Waals surface area (Å²) in [6, 6.07) is 18.2. The van der Waals surface area contributed by atoms with Gasteiger partial charge in [-0.2, -0.15) is 0 Å². The van der Waals surface area contributed by atoms with Crippen LogP contribution >= 0.6 is 0 Å². The Morgan fingerprint density at radius 3 is 2.29 bits per heavy atom. The highest BCUT2D eigenvalue weighted by atomic mass is 15.3. The first kappa shape index (κ1) is 13.2. The van der Waals surface area contributed by atoms with E-state index in [0.29, 0.717) is 11.7 Å². The van der Waals surface area contributed by atoms with Crippen LogP contribution in [-0.4, -0.2) is 5.84 Å². The molecule has 2 aromatic carbocycles. The number of aliphatic imine (C=N–C) groups is 1. The number of nitrogens with zero attached hydrogens (tertiary/aromatic N) is 2. The maximum absolute atomic E-state index is 6.19. The first-order valence-electron chi connectivity index (χ1n) is 6.86. The van der Waals surface area contributed by atoms with E-state index in [0.717, 1.165) is 11.3 Å². The Kier molecular flexibility index (Phi) is 3.36. The van der Waals surface area contributed by atoms with Crippen molar-refractivity contribution in [2.45, 2.75) is 13.1 Å². The van der Waals surface area contributed by atoms with Crippen molar-refractivity contribution in [3.05, 3.63) is 77.6 Å². The van der Waals surface area contributed by atoms with Crippen LogP contribution in [0.5, 0.6) is 0 Å². The van der Waals surface area contributed by atoms with Crippen LogP contribution in [0.15, 0.2) is 71.5 Å². The smallest absolute Gasteiger partial charge is 0.154 e. The van der Waals surface area contributed by atoms with E-state index in [9.17, 15) is 0 Å². The van der Waals surface area contributed by atoms with Crippen LogP contribution < -0.4 is 16.4 Å². The van der Waals surface area contributed by atoms with Gasteiger partial charge in [-0.15, -0.1) is 0 Å². The molecule has 21 heavy (non-hydrogen) atoms. The van der Waals surface area contributed by atoms with Crippen molar-refractivity contribution >= 4 is 11.5 Å². The number of nitrogens with two attached hydrogens (primary N) is 2. The van der Waals surface area contributed by atoms with Gasteiger partial charge in [-0.1, -0.05) is 48.0 Å². The quantitative estimate of drug-likeness (QED) is 0.887. The van der Waals surface area contributed by atoms with Gasteiger partial charge in [-0.25, -0.2) is 4.99 Å². The Morgan fingerprint density at radius 1 is 0.952 bits per heavy atom. The Labute approximate surface area is 124 Å². The zero-order valence-corrected chi connectivity index (χ0v) is 11.9. The molecule has 0 saturated heterocycles. The summed E-state index contributed by atoms with van der Waals surface area (Å²) >= 11 is 0. The van der Waals surface area contributed by atoms with Gasteiger partial charge in [0.15, 0.2) is 6.17 Å². The van der Waals surface area contributed by atoms with E-state index in [1.165, 1.54) is 5.56 Å². The van der Waals surface area contributed by atoms with Crippen LogP contribution in [0.2, 0.25) is 0 Å². The molecule has 0 aromatic heterocycles. The molecule has 0 spiro atoms. The molecule has 0 amide bonds. The van der Waals surface area contributed by atoms with Gasteiger partial charge >= 0.3 is 0 Å². The number of anilines is 1. The second-order valence-corrected chi connectivity index (χ2v) is 5.11. The monoisotopic (exact) mass is 278 g/mol. The van der Waals surface area contributed by atoms with E-state index in [2.05, 4.69) is 24.0 Å². The van der Waals surface area contributed by atoms with Crippen molar-refractivity contribution in [1.82, 2.24) is 0 Å². The molecule has 4 N–H and O–H groups in total. The molecule has 4 nitrogen and oxygen atoms in total. The van der Waals surface area contributed by atoms with Gasteiger partial charge in [-0.3, -0.25) is 0 Å². The highest BCUT2D eigenvalue weighted by molar-refractivity contribution is 5.94. The fourth-order valence-electron chi connectivity index (χ4n) is 2.44. The van der Waals surface area contributed by atoms with Crippen LogP contribution in [-0.2, 0) is 0 Å². The Hall–Kier alpha value is -2.75. The molecular weight excluding hydrogens is 260 g/mol. The molecule has 1 aliphatic heterocycles. The van der Waals surface area contributed by atoms with Crippen molar-refractivity contribution in [3.8, 4) is 0 Å². The second kappa shape index (κ2) is 5.32. The fraction of sp³-hybridized carbons (Fsp3) is 0.118. The van der Waals surface area contributed by atoms with Gasteiger partial charge in [0, 0.05) is 11.8 Å². The van der Waals surface area contributed by atoms with Crippen LogP contribution in [0, 0.1) is 6.92 Å². The number of rotatable bonds is 2. The lowest BCUT2D eigenvalue weighted by Crippen LogP contribution is -2.36. The van der Waals surface area contributed by atoms with Crippen molar-refractivity contribution in [2.24, 2.45) is 16.5 Å². The zero-order chi connectivity index (χ0) is 14.8. The summed E-state index contributed by atoms with van der Waals surface area (Å²) in [5, 5.41) is 0. The predicted molar refractivity (Wildman–Crippen MR) is 86.7 cm³/mol. The van der Waals surface area contributed by atoms with Crippen LogP contribution in [0.4, 0.5) is 5.69 Å².